The molecule has 0 saturated carbocycles. The highest BCUT2D eigenvalue weighted by Crippen LogP contribution is 2.40. The van der Waals surface area contributed by atoms with Crippen LogP contribution in [0.3, 0.4) is 0 Å². The monoisotopic (exact) mass is 430 g/mol. The Kier molecular flexibility index (Phi) is 9.39. The van der Waals surface area contributed by atoms with Crippen LogP contribution in [0.1, 0.15) is 60.3 Å². The van der Waals surface area contributed by atoms with E-state index in [1.807, 2.05) is 0 Å². The normalized spacial score (nSPS) is 36.6. The summed E-state index contributed by atoms with van der Waals surface area (Å²) in [7, 11) is 0. The van der Waals surface area contributed by atoms with Crippen molar-refractivity contribution in [1.29, 1.82) is 0 Å². The lowest BCUT2D eigenvalue weighted by atomic mass is 9.88. The predicted octanol–water partition coefficient (Wildman–Crippen LogP) is 4.88. The van der Waals surface area contributed by atoms with Gasteiger partial charge in [-0.25, -0.2) is 0 Å². The van der Waals surface area contributed by atoms with Crippen LogP contribution < -0.4 is 10.6 Å². The summed E-state index contributed by atoms with van der Waals surface area (Å²) in [5, 5.41) is 7.46. The summed E-state index contributed by atoms with van der Waals surface area (Å²) in [5.74, 6) is 1.57. The van der Waals surface area contributed by atoms with E-state index in [1.165, 1.54) is 0 Å². The van der Waals surface area contributed by atoms with Crippen molar-refractivity contribution in [2.24, 2.45) is 23.2 Å². The third-order valence-electron chi connectivity index (χ3n) is 6.86. The average Bonchev–Trinajstić information content (AvgIpc) is 3.53. The molecule has 6 atom stereocenters. The molecule has 0 aromatic carbocycles. The van der Waals surface area contributed by atoms with E-state index in [9.17, 15) is 0 Å². The second kappa shape index (κ2) is 11.8. The Morgan fingerprint density at radius 3 is 2.61 bits per heavy atom. The molecule has 3 aliphatic rings. The van der Waals surface area contributed by atoms with Crippen molar-refractivity contribution in [3.8, 4) is 0 Å². The summed E-state index contributed by atoms with van der Waals surface area (Å²) in [6.45, 7) is 15.5. The van der Waals surface area contributed by atoms with Crippen LogP contribution in [0.5, 0.6) is 0 Å². The first-order valence-corrected chi connectivity index (χ1v) is 12.6. The van der Waals surface area contributed by atoms with E-state index < -0.39 is 0 Å². The molecule has 0 bridgehead atoms. The van der Waals surface area contributed by atoms with Crippen LogP contribution in [0.15, 0.2) is 36.5 Å². The molecule has 31 heavy (non-hydrogen) atoms. The molecule has 0 spiro atoms. The molecule has 0 amide bonds. The molecule has 0 radical (unpaired) electrons. The highest BCUT2D eigenvalue weighted by atomic mass is 16.6. The molecule has 4 heteroatoms. The van der Waals surface area contributed by atoms with Gasteiger partial charge in [-0.3, -0.25) is 0 Å². The lowest BCUT2D eigenvalue weighted by Gasteiger charge is -2.31. The SMILES string of the molecule is CC(C)CC1COC(C(C)C2OC2C2C=CC=CC2)C/C=C/CCNCC(C)(C)CN1. The first kappa shape index (κ1) is 24.7. The Morgan fingerprint density at radius 1 is 1.03 bits per heavy atom. The molecule has 176 valence electrons. The third kappa shape index (κ3) is 8.16. The second-order valence-electron chi connectivity index (χ2n) is 11.1. The van der Waals surface area contributed by atoms with Gasteiger partial charge in [0.2, 0.25) is 0 Å². The van der Waals surface area contributed by atoms with Crippen molar-refractivity contribution in [3.63, 3.8) is 0 Å². The maximum atomic E-state index is 6.63. The Labute approximate surface area is 190 Å². The van der Waals surface area contributed by atoms with Crippen molar-refractivity contribution in [1.82, 2.24) is 10.6 Å². The summed E-state index contributed by atoms with van der Waals surface area (Å²) in [6, 6.07) is 0.392. The summed E-state index contributed by atoms with van der Waals surface area (Å²) >= 11 is 0. The molecule has 1 saturated heterocycles. The third-order valence-corrected chi connectivity index (χ3v) is 6.86. The van der Waals surface area contributed by atoms with E-state index in [1.54, 1.807) is 0 Å². The molecule has 1 fully saturated rings. The first-order chi connectivity index (χ1) is 14.9. The van der Waals surface area contributed by atoms with E-state index in [4.69, 9.17) is 9.47 Å². The quantitative estimate of drug-likeness (QED) is 0.482. The van der Waals surface area contributed by atoms with Crippen LogP contribution in [-0.4, -0.2) is 50.6 Å². The molecule has 3 rings (SSSR count). The van der Waals surface area contributed by atoms with Gasteiger partial charge >= 0.3 is 0 Å². The minimum Gasteiger partial charge on any atom is -0.376 e. The van der Waals surface area contributed by atoms with Gasteiger partial charge < -0.3 is 20.1 Å². The topological polar surface area (TPSA) is 45.8 Å². The molecular formula is C27H46N2O2. The van der Waals surface area contributed by atoms with Gasteiger partial charge in [0.15, 0.2) is 0 Å². The van der Waals surface area contributed by atoms with Crippen molar-refractivity contribution in [2.75, 3.05) is 26.2 Å². The van der Waals surface area contributed by atoms with Crippen LogP contribution >= 0.6 is 0 Å². The fourth-order valence-corrected chi connectivity index (χ4v) is 4.86. The molecule has 2 aliphatic heterocycles. The average molecular weight is 431 g/mol. The van der Waals surface area contributed by atoms with Crippen LogP contribution in [0.2, 0.25) is 0 Å². The van der Waals surface area contributed by atoms with Crippen molar-refractivity contribution < 1.29 is 9.47 Å². The summed E-state index contributed by atoms with van der Waals surface area (Å²) in [6.07, 6.45) is 18.7. The van der Waals surface area contributed by atoms with Crippen molar-refractivity contribution in [3.05, 3.63) is 36.5 Å². The Morgan fingerprint density at radius 2 is 1.87 bits per heavy atom. The standard InChI is InChI=1S/C27H46N2O2/c1-20(2)16-23-17-30-24(14-10-7-11-15-28-18-27(4,5)19-29-23)21(3)25-26(31-25)22-12-8-6-9-13-22/h6-10,12,20-26,28-29H,11,13-19H2,1-5H3/b10-7+. The number of rotatable bonds is 5. The second-order valence-corrected chi connectivity index (χ2v) is 11.1. The molecule has 0 aromatic rings. The van der Waals surface area contributed by atoms with Crippen LogP contribution in [0.25, 0.3) is 0 Å². The van der Waals surface area contributed by atoms with Crippen LogP contribution in [-0.2, 0) is 9.47 Å². The van der Waals surface area contributed by atoms with E-state index in [2.05, 4.69) is 81.7 Å². The molecule has 2 heterocycles. The van der Waals surface area contributed by atoms with Gasteiger partial charge in [-0.15, -0.1) is 0 Å². The lowest BCUT2D eigenvalue weighted by molar-refractivity contribution is -0.00362. The molecule has 0 aromatic heterocycles. The van der Waals surface area contributed by atoms with Crippen LogP contribution in [0, 0.1) is 23.2 Å². The zero-order chi connectivity index (χ0) is 22.3. The summed E-state index contributed by atoms with van der Waals surface area (Å²) in [4.78, 5) is 0. The van der Waals surface area contributed by atoms with Gasteiger partial charge in [0.1, 0.15) is 0 Å². The highest BCUT2D eigenvalue weighted by molar-refractivity contribution is 5.15. The van der Waals surface area contributed by atoms with Gasteiger partial charge in [0.05, 0.1) is 24.9 Å². The van der Waals surface area contributed by atoms with Crippen LogP contribution in [0.4, 0.5) is 0 Å². The van der Waals surface area contributed by atoms with Gasteiger partial charge in [0.25, 0.3) is 0 Å². The summed E-state index contributed by atoms with van der Waals surface area (Å²) < 4.78 is 12.8. The van der Waals surface area contributed by atoms with Gasteiger partial charge in [-0.1, -0.05) is 71.1 Å². The molecule has 4 nitrogen and oxygen atoms in total. The zero-order valence-electron chi connectivity index (χ0n) is 20.5. The first-order valence-electron chi connectivity index (χ1n) is 12.6. The van der Waals surface area contributed by atoms with E-state index in [0.717, 1.165) is 51.9 Å². The number of epoxide rings is 1. The molecule has 6 unspecified atom stereocenters. The Hall–Kier alpha value is -0.940. The maximum Gasteiger partial charge on any atom is 0.0911 e. The van der Waals surface area contributed by atoms with E-state index >= 15 is 0 Å². The molecule has 2 N–H and O–H groups in total. The Bertz CT molecular complexity index is 625. The maximum absolute atomic E-state index is 6.63. The number of ether oxygens (including phenoxy) is 2. The van der Waals surface area contributed by atoms with Gasteiger partial charge in [0, 0.05) is 31.0 Å². The van der Waals surface area contributed by atoms with Crippen molar-refractivity contribution >= 4 is 0 Å². The van der Waals surface area contributed by atoms with Crippen molar-refractivity contribution in [2.45, 2.75) is 84.7 Å². The predicted molar refractivity (Wildman–Crippen MR) is 130 cm³/mol. The smallest absolute Gasteiger partial charge is 0.0911 e. The summed E-state index contributed by atoms with van der Waals surface area (Å²) in [5.41, 5.74) is 0.229. The fourth-order valence-electron chi connectivity index (χ4n) is 4.86. The largest absolute Gasteiger partial charge is 0.376 e. The number of hydrogen-bond donors (Lipinski definition) is 2. The lowest BCUT2D eigenvalue weighted by Crippen LogP contribution is -2.45. The van der Waals surface area contributed by atoms with Gasteiger partial charge in [-0.2, -0.15) is 0 Å². The Balaban J connectivity index is 1.63. The molecule has 1 aliphatic carbocycles. The minimum absolute atomic E-state index is 0.203. The fraction of sp³-hybridized carbons (Fsp3) is 0.778. The van der Waals surface area contributed by atoms with E-state index in [-0.39, 0.29) is 11.5 Å². The van der Waals surface area contributed by atoms with Gasteiger partial charge in [-0.05, 0) is 43.6 Å². The number of nitrogens with one attached hydrogen (secondary N) is 2. The highest BCUT2D eigenvalue weighted by Gasteiger charge is 2.49. The zero-order valence-corrected chi connectivity index (χ0v) is 20.5. The number of allylic oxidation sites excluding steroid dienone is 3. The number of hydrogen-bond acceptors (Lipinski definition) is 4. The minimum atomic E-state index is 0.203. The molecular weight excluding hydrogens is 384 g/mol. The van der Waals surface area contributed by atoms with E-state index in [0.29, 0.717) is 36.0 Å².